The predicted octanol–water partition coefficient (Wildman–Crippen LogP) is 3.31. The zero-order valence-corrected chi connectivity index (χ0v) is 17.2. The van der Waals surface area contributed by atoms with E-state index in [0.29, 0.717) is 17.3 Å². The molecule has 0 radical (unpaired) electrons. The number of carbonyl (C=O) groups excluding carboxylic acids is 3. The van der Waals surface area contributed by atoms with Gasteiger partial charge in [-0.1, -0.05) is 48.0 Å². The van der Waals surface area contributed by atoms with Crippen LogP contribution in [0.25, 0.3) is 0 Å². The predicted molar refractivity (Wildman–Crippen MR) is 113 cm³/mol. The topological polar surface area (TPSA) is 78.5 Å². The fourth-order valence-electron chi connectivity index (χ4n) is 3.44. The van der Waals surface area contributed by atoms with Crippen molar-refractivity contribution in [3.63, 3.8) is 0 Å². The third kappa shape index (κ3) is 4.95. The molecule has 7 heteroatoms. The number of nitrogens with one attached hydrogen (secondary N) is 2. The fraction of sp³-hybridized carbons (Fsp3) is 0.318. The Bertz CT molecular complexity index is 917. The Balaban J connectivity index is 1.53. The van der Waals surface area contributed by atoms with Crippen molar-refractivity contribution in [3.05, 3.63) is 64.7 Å². The quantitative estimate of drug-likeness (QED) is 0.762. The van der Waals surface area contributed by atoms with Crippen LogP contribution in [0.1, 0.15) is 30.5 Å². The summed E-state index contributed by atoms with van der Waals surface area (Å²) in [4.78, 5) is 38.8. The molecule has 0 spiro atoms. The second-order valence-corrected chi connectivity index (χ2v) is 7.62. The highest BCUT2D eigenvalue weighted by atomic mass is 35.5. The molecule has 1 saturated heterocycles. The third-order valence-corrected chi connectivity index (χ3v) is 5.65. The molecule has 0 saturated carbocycles. The van der Waals surface area contributed by atoms with Crippen LogP contribution in [-0.4, -0.2) is 35.7 Å². The van der Waals surface area contributed by atoms with Crippen LogP contribution in [-0.2, 0) is 14.4 Å². The Labute approximate surface area is 175 Å². The fourth-order valence-corrected chi connectivity index (χ4v) is 3.62. The normalized spacial score (nSPS) is 17.1. The minimum atomic E-state index is -0.464. The Hall–Kier alpha value is -2.86. The van der Waals surface area contributed by atoms with Crippen LogP contribution in [0, 0.1) is 12.8 Å². The maximum absolute atomic E-state index is 12.5. The average Bonchev–Trinajstić information content (AvgIpc) is 3.11. The van der Waals surface area contributed by atoms with Crippen LogP contribution >= 0.6 is 11.6 Å². The van der Waals surface area contributed by atoms with Gasteiger partial charge in [-0.2, -0.15) is 0 Å². The summed E-state index contributed by atoms with van der Waals surface area (Å²) in [6.07, 6.45) is 0.151. The molecule has 3 amide bonds. The number of rotatable bonds is 6. The van der Waals surface area contributed by atoms with Crippen molar-refractivity contribution >= 4 is 35.0 Å². The lowest BCUT2D eigenvalue weighted by molar-refractivity contribution is -0.130. The molecule has 2 atom stereocenters. The molecule has 0 aliphatic carbocycles. The molecule has 1 aliphatic rings. The summed E-state index contributed by atoms with van der Waals surface area (Å²) >= 11 is 6.05. The zero-order chi connectivity index (χ0) is 21.0. The first-order valence-corrected chi connectivity index (χ1v) is 9.91. The van der Waals surface area contributed by atoms with Crippen LogP contribution in [0.2, 0.25) is 5.02 Å². The van der Waals surface area contributed by atoms with Gasteiger partial charge in [0.25, 0.3) is 0 Å². The highest BCUT2D eigenvalue weighted by molar-refractivity contribution is 6.31. The lowest BCUT2D eigenvalue weighted by Crippen LogP contribution is -2.38. The van der Waals surface area contributed by atoms with Crippen LogP contribution in [0.5, 0.6) is 0 Å². The minimum absolute atomic E-state index is 0.0551. The van der Waals surface area contributed by atoms with Crippen molar-refractivity contribution in [2.75, 3.05) is 18.4 Å². The lowest BCUT2D eigenvalue weighted by Gasteiger charge is -2.25. The van der Waals surface area contributed by atoms with Crippen LogP contribution in [0.15, 0.2) is 48.5 Å². The van der Waals surface area contributed by atoms with Gasteiger partial charge in [-0.25, -0.2) is 0 Å². The Morgan fingerprint density at radius 3 is 2.62 bits per heavy atom. The monoisotopic (exact) mass is 413 g/mol. The summed E-state index contributed by atoms with van der Waals surface area (Å²) < 4.78 is 0. The van der Waals surface area contributed by atoms with Gasteiger partial charge < -0.3 is 15.5 Å². The molecule has 3 rings (SSSR count). The molecule has 152 valence electrons. The molecule has 1 heterocycles. The number of amides is 3. The van der Waals surface area contributed by atoms with Gasteiger partial charge in [0.2, 0.25) is 17.7 Å². The molecular formula is C22H24ClN3O3. The number of anilines is 1. The Morgan fingerprint density at radius 2 is 1.90 bits per heavy atom. The lowest BCUT2D eigenvalue weighted by atomic mass is 10.1. The van der Waals surface area contributed by atoms with Crippen molar-refractivity contribution < 1.29 is 14.4 Å². The molecule has 1 fully saturated rings. The van der Waals surface area contributed by atoms with Gasteiger partial charge in [0.1, 0.15) is 0 Å². The van der Waals surface area contributed by atoms with Gasteiger partial charge in [-0.15, -0.1) is 0 Å². The molecule has 29 heavy (non-hydrogen) atoms. The number of likely N-dealkylation sites (tertiary alicyclic amines) is 1. The smallest absolute Gasteiger partial charge is 0.243 e. The van der Waals surface area contributed by atoms with E-state index in [1.807, 2.05) is 44.2 Å². The van der Waals surface area contributed by atoms with Crippen LogP contribution in [0.3, 0.4) is 0 Å². The number of halogens is 1. The van der Waals surface area contributed by atoms with Gasteiger partial charge >= 0.3 is 0 Å². The summed E-state index contributed by atoms with van der Waals surface area (Å²) in [7, 11) is 0. The summed E-state index contributed by atoms with van der Waals surface area (Å²) in [6, 6.07) is 14.8. The maximum atomic E-state index is 12.5. The number of carbonyl (C=O) groups is 3. The second-order valence-electron chi connectivity index (χ2n) is 7.21. The summed E-state index contributed by atoms with van der Waals surface area (Å²) in [5, 5.41) is 5.93. The Kier molecular flexibility index (Phi) is 6.54. The van der Waals surface area contributed by atoms with E-state index in [9.17, 15) is 14.4 Å². The minimum Gasteiger partial charge on any atom is -0.347 e. The molecule has 0 aromatic heterocycles. The molecule has 2 aromatic carbocycles. The van der Waals surface area contributed by atoms with Gasteiger partial charge in [-0.05, 0) is 37.1 Å². The van der Waals surface area contributed by atoms with Crippen molar-refractivity contribution in [1.82, 2.24) is 10.2 Å². The summed E-state index contributed by atoms with van der Waals surface area (Å²) in [6.45, 7) is 3.94. The standard InChI is InChI=1S/C22H24ClN3O3/c1-14-18(23)9-6-10-19(14)25-20(27)12-24-22(29)17-11-21(28)26(13-17)15(2)16-7-4-3-5-8-16/h3-10,15,17H,11-13H2,1-2H3,(H,24,29)(H,25,27). The van der Waals surface area contributed by atoms with E-state index in [4.69, 9.17) is 11.6 Å². The van der Waals surface area contributed by atoms with Crippen LogP contribution in [0.4, 0.5) is 5.69 Å². The van der Waals surface area contributed by atoms with Gasteiger partial charge in [0.15, 0.2) is 0 Å². The Morgan fingerprint density at radius 1 is 1.17 bits per heavy atom. The maximum Gasteiger partial charge on any atom is 0.243 e. The highest BCUT2D eigenvalue weighted by Crippen LogP contribution is 2.28. The molecule has 0 bridgehead atoms. The van der Waals surface area contributed by atoms with E-state index >= 15 is 0 Å². The van der Waals surface area contributed by atoms with E-state index < -0.39 is 5.92 Å². The van der Waals surface area contributed by atoms with Crippen molar-refractivity contribution in [1.29, 1.82) is 0 Å². The van der Waals surface area contributed by atoms with E-state index in [1.54, 1.807) is 23.1 Å². The first-order valence-electron chi connectivity index (χ1n) is 9.54. The summed E-state index contributed by atoms with van der Waals surface area (Å²) in [5.41, 5.74) is 2.40. The number of nitrogens with zero attached hydrogens (tertiary/aromatic N) is 1. The molecule has 1 aliphatic heterocycles. The van der Waals surface area contributed by atoms with Crippen molar-refractivity contribution in [3.8, 4) is 0 Å². The largest absolute Gasteiger partial charge is 0.347 e. The third-order valence-electron chi connectivity index (χ3n) is 5.24. The van der Waals surface area contributed by atoms with E-state index in [2.05, 4.69) is 10.6 Å². The SMILES string of the molecule is Cc1c(Cl)cccc1NC(=O)CNC(=O)C1CC(=O)N(C(C)c2ccccc2)C1. The molecule has 2 N–H and O–H groups in total. The van der Waals surface area contributed by atoms with Gasteiger partial charge in [0.05, 0.1) is 18.5 Å². The van der Waals surface area contributed by atoms with E-state index in [-0.39, 0.29) is 36.7 Å². The summed E-state index contributed by atoms with van der Waals surface area (Å²) in [5.74, 6) is -1.16. The zero-order valence-electron chi connectivity index (χ0n) is 16.4. The number of hydrogen-bond donors (Lipinski definition) is 2. The van der Waals surface area contributed by atoms with Crippen molar-refractivity contribution in [2.45, 2.75) is 26.3 Å². The molecule has 6 nitrogen and oxygen atoms in total. The second kappa shape index (κ2) is 9.09. The number of benzene rings is 2. The van der Waals surface area contributed by atoms with Gasteiger partial charge in [-0.3, -0.25) is 14.4 Å². The van der Waals surface area contributed by atoms with Crippen molar-refractivity contribution in [2.24, 2.45) is 5.92 Å². The van der Waals surface area contributed by atoms with Gasteiger partial charge in [0, 0.05) is 23.7 Å². The average molecular weight is 414 g/mol. The highest BCUT2D eigenvalue weighted by Gasteiger charge is 2.37. The number of hydrogen-bond acceptors (Lipinski definition) is 3. The first-order chi connectivity index (χ1) is 13.9. The molecular weight excluding hydrogens is 390 g/mol. The molecule has 2 unspecified atom stereocenters. The van der Waals surface area contributed by atoms with E-state index in [1.165, 1.54) is 0 Å². The van der Waals surface area contributed by atoms with Crippen LogP contribution < -0.4 is 10.6 Å². The first kappa shape index (κ1) is 20.9. The molecule has 2 aromatic rings. The van der Waals surface area contributed by atoms with E-state index in [0.717, 1.165) is 11.1 Å².